The van der Waals surface area contributed by atoms with E-state index in [4.69, 9.17) is 9.40 Å². The van der Waals surface area contributed by atoms with Crippen molar-refractivity contribution in [2.24, 2.45) is 0 Å². The molecular formula is C27H24N4O2S2. The monoisotopic (exact) mass is 500 g/mol. The highest BCUT2D eigenvalue weighted by Crippen LogP contribution is 2.33. The maximum atomic E-state index is 12.4. The highest BCUT2D eigenvalue weighted by Gasteiger charge is 2.17. The van der Waals surface area contributed by atoms with Crippen molar-refractivity contribution >= 4 is 39.9 Å². The molecule has 6 nitrogen and oxygen atoms in total. The Bertz CT molecular complexity index is 1420. The van der Waals surface area contributed by atoms with E-state index in [1.165, 1.54) is 17.3 Å². The first-order valence-electron chi connectivity index (χ1n) is 11.4. The van der Waals surface area contributed by atoms with Crippen LogP contribution in [0, 0.1) is 0 Å². The number of amides is 1. The topological polar surface area (TPSA) is 80.9 Å². The molecule has 0 radical (unpaired) electrons. The number of carbonyl (C=O) groups excluding carboxylic acids is 1. The number of nitrogens with zero attached hydrogens (tertiary/aromatic N) is 3. The van der Waals surface area contributed by atoms with E-state index in [1.54, 1.807) is 11.3 Å². The van der Waals surface area contributed by atoms with Crippen molar-refractivity contribution < 1.29 is 9.21 Å². The maximum Gasteiger partial charge on any atom is 0.277 e. The van der Waals surface area contributed by atoms with E-state index in [2.05, 4.69) is 27.6 Å². The van der Waals surface area contributed by atoms with E-state index in [-0.39, 0.29) is 17.7 Å². The first-order valence-corrected chi connectivity index (χ1v) is 13.3. The molecular weight excluding hydrogens is 476 g/mol. The predicted octanol–water partition coefficient (Wildman–Crippen LogP) is 6.24. The summed E-state index contributed by atoms with van der Waals surface area (Å²) in [7, 11) is 0. The van der Waals surface area contributed by atoms with Crippen molar-refractivity contribution in [1.29, 1.82) is 0 Å². The minimum Gasteiger partial charge on any atom is -0.411 e. The summed E-state index contributed by atoms with van der Waals surface area (Å²) < 4.78 is 5.95. The lowest BCUT2D eigenvalue weighted by Gasteiger charge is -2.13. The second-order valence-corrected chi connectivity index (χ2v) is 10.1. The van der Waals surface area contributed by atoms with Crippen LogP contribution in [0.25, 0.3) is 32.9 Å². The van der Waals surface area contributed by atoms with E-state index in [9.17, 15) is 4.79 Å². The fraction of sp³-hybridized carbons (Fsp3) is 0.185. The van der Waals surface area contributed by atoms with Gasteiger partial charge in [-0.1, -0.05) is 66.4 Å². The average Bonchev–Trinajstić information content (AvgIpc) is 3.59. The lowest BCUT2D eigenvalue weighted by atomic mass is 10.1. The molecule has 5 aromatic rings. The van der Waals surface area contributed by atoms with Gasteiger partial charge in [-0.25, -0.2) is 4.98 Å². The van der Waals surface area contributed by atoms with Gasteiger partial charge in [0.05, 0.1) is 27.4 Å². The van der Waals surface area contributed by atoms with Gasteiger partial charge in [-0.15, -0.1) is 21.5 Å². The number of thiophene rings is 1. The number of rotatable bonds is 9. The molecule has 8 heteroatoms. The minimum atomic E-state index is -0.0512. The number of aromatic nitrogens is 3. The lowest BCUT2D eigenvalue weighted by molar-refractivity contribution is -0.119. The number of thioether (sulfide) groups is 1. The van der Waals surface area contributed by atoms with Crippen LogP contribution in [0.15, 0.2) is 87.8 Å². The van der Waals surface area contributed by atoms with Crippen LogP contribution in [0.3, 0.4) is 0 Å². The molecule has 0 bridgehead atoms. The number of nitrogens with one attached hydrogen (secondary N) is 1. The van der Waals surface area contributed by atoms with Crippen LogP contribution in [0.5, 0.6) is 0 Å². The molecule has 3 aromatic heterocycles. The molecule has 0 saturated carbocycles. The van der Waals surface area contributed by atoms with Crippen LogP contribution in [-0.2, 0) is 11.2 Å². The van der Waals surface area contributed by atoms with E-state index >= 15 is 0 Å². The maximum absolute atomic E-state index is 12.4. The summed E-state index contributed by atoms with van der Waals surface area (Å²) >= 11 is 2.88. The summed E-state index contributed by atoms with van der Waals surface area (Å²) in [5.41, 5.74) is 3.83. The molecule has 1 amide bonds. The summed E-state index contributed by atoms with van der Waals surface area (Å²) in [6, 6.07) is 24.3. The summed E-state index contributed by atoms with van der Waals surface area (Å²) in [5, 5.41) is 14.8. The molecule has 1 atom stereocenters. The van der Waals surface area contributed by atoms with E-state index in [0.717, 1.165) is 39.9 Å². The first kappa shape index (κ1) is 23.3. The van der Waals surface area contributed by atoms with Crippen LogP contribution < -0.4 is 5.32 Å². The zero-order valence-corrected chi connectivity index (χ0v) is 20.8. The molecule has 0 fully saturated rings. The van der Waals surface area contributed by atoms with Crippen molar-refractivity contribution in [3.63, 3.8) is 0 Å². The SMILES string of the molecule is C[C@@H](CCc1ccccc1)NC(=O)CSc1nnc(-c2cc(-c3cccs3)nc3ccccc23)o1. The fourth-order valence-electron chi connectivity index (χ4n) is 3.82. The number of pyridine rings is 1. The van der Waals surface area contributed by atoms with Gasteiger partial charge in [0.1, 0.15) is 0 Å². The Labute approximate surface area is 211 Å². The molecule has 0 spiro atoms. The Balaban J connectivity index is 1.24. The van der Waals surface area contributed by atoms with Crippen molar-refractivity contribution in [3.8, 4) is 22.0 Å². The molecule has 3 heterocycles. The van der Waals surface area contributed by atoms with Gasteiger partial charge in [-0.2, -0.15) is 0 Å². The first-order chi connectivity index (χ1) is 17.2. The third-order valence-electron chi connectivity index (χ3n) is 5.57. The smallest absolute Gasteiger partial charge is 0.277 e. The zero-order chi connectivity index (χ0) is 24.0. The molecule has 2 aromatic carbocycles. The largest absolute Gasteiger partial charge is 0.411 e. The van der Waals surface area contributed by atoms with E-state index in [0.29, 0.717) is 11.1 Å². The van der Waals surface area contributed by atoms with Crippen LogP contribution in [0.4, 0.5) is 0 Å². The van der Waals surface area contributed by atoms with Crippen LogP contribution >= 0.6 is 23.1 Å². The Kier molecular flexibility index (Phi) is 7.20. The van der Waals surface area contributed by atoms with Gasteiger partial charge < -0.3 is 9.73 Å². The lowest BCUT2D eigenvalue weighted by Crippen LogP contribution is -2.34. The number of hydrogen-bond acceptors (Lipinski definition) is 7. The minimum absolute atomic E-state index is 0.0512. The third kappa shape index (κ3) is 5.78. The molecule has 0 unspecified atom stereocenters. The number of para-hydroxylation sites is 1. The number of carbonyl (C=O) groups is 1. The normalized spacial score (nSPS) is 12.0. The van der Waals surface area contributed by atoms with Gasteiger partial charge in [-0.05, 0) is 48.9 Å². The zero-order valence-electron chi connectivity index (χ0n) is 19.2. The van der Waals surface area contributed by atoms with Crippen molar-refractivity contribution in [1.82, 2.24) is 20.5 Å². The van der Waals surface area contributed by atoms with Gasteiger partial charge in [-0.3, -0.25) is 4.79 Å². The van der Waals surface area contributed by atoms with Crippen LogP contribution in [-0.4, -0.2) is 32.9 Å². The van der Waals surface area contributed by atoms with E-state index in [1.807, 2.05) is 73.0 Å². The van der Waals surface area contributed by atoms with Gasteiger partial charge in [0, 0.05) is 11.4 Å². The highest BCUT2D eigenvalue weighted by atomic mass is 32.2. The molecule has 5 rings (SSSR count). The van der Waals surface area contributed by atoms with Gasteiger partial charge in [0.25, 0.3) is 5.22 Å². The summed E-state index contributed by atoms with van der Waals surface area (Å²) in [6.07, 6.45) is 1.81. The van der Waals surface area contributed by atoms with Crippen molar-refractivity contribution in [3.05, 3.63) is 83.7 Å². The second kappa shape index (κ2) is 10.8. The molecule has 0 aliphatic rings. The van der Waals surface area contributed by atoms with E-state index < -0.39 is 0 Å². The fourth-order valence-corrected chi connectivity index (χ4v) is 5.08. The third-order valence-corrected chi connectivity index (χ3v) is 7.28. The molecule has 176 valence electrons. The Morgan fingerprint density at radius 1 is 1.06 bits per heavy atom. The standard InChI is InChI=1S/C27H24N4O2S2/c1-18(13-14-19-8-3-2-4-9-19)28-25(32)17-35-27-31-30-26(33-27)21-16-23(24-12-7-15-34-24)29-22-11-6-5-10-20(21)22/h2-12,15-16,18H,13-14,17H2,1H3,(H,28,32)/t18-/m0/s1. The second-order valence-electron chi connectivity index (χ2n) is 8.20. The van der Waals surface area contributed by atoms with Crippen molar-refractivity contribution in [2.45, 2.75) is 31.0 Å². The Morgan fingerprint density at radius 3 is 2.71 bits per heavy atom. The molecule has 1 N–H and O–H groups in total. The van der Waals surface area contributed by atoms with Gasteiger partial charge in [0.2, 0.25) is 11.8 Å². The summed E-state index contributed by atoms with van der Waals surface area (Å²) in [4.78, 5) is 18.3. The quantitative estimate of drug-likeness (QED) is 0.241. The van der Waals surface area contributed by atoms with Crippen LogP contribution in [0.1, 0.15) is 18.9 Å². The molecule has 0 saturated heterocycles. The van der Waals surface area contributed by atoms with Gasteiger partial charge in [0.15, 0.2) is 0 Å². The summed E-state index contributed by atoms with van der Waals surface area (Å²) in [6.45, 7) is 2.02. The number of benzene rings is 2. The Morgan fingerprint density at radius 2 is 1.89 bits per heavy atom. The molecule has 0 aliphatic heterocycles. The summed E-state index contributed by atoms with van der Waals surface area (Å²) in [5.74, 6) is 0.583. The number of aryl methyl sites for hydroxylation is 1. The molecule has 0 aliphatic carbocycles. The van der Waals surface area contributed by atoms with Crippen LogP contribution in [0.2, 0.25) is 0 Å². The highest BCUT2D eigenvalue weighted by molar-refractivity contribution is 7.99. The molecule has 35 heavy (non-hydrogen) atoms. The number of fused-ring (bicyclic) bond motifs is 1. The van der Waals surface area contributed by atoms with Crippen molar-refractivity contribution in [2.75, 3.05) is 5.75 Å². The predicted molar refractivity (Wildman–Crippen MR) is 141 cm³/mol. The Hall–Kier alpha value is -3.49. The van der Waals surface area contributed by atoms with Gasteiger partial charge >= 0.3 is 0 Å². The average molecular weight is 501 g/mol. The number of hydrogen-bond donors (Lipinski definition) is 1.